The number of nitro benzene ring substituents is 1. The molecule has 0 saturated carbocycles. The smallest absolute Gasteiger partial charge is 0.272 e. The van der Waals surface area contributed by atoms with Gasteiger partial charge < -0.3 is 0 Å². The van der Waals surface area contributed by atoms with E-state index in [9.17, 15) is 23.3 Å². The third-order valence-electron chi connectivity index (χ3n) is 4.31. The quantitative estimate of drug-likeness (QED) is 0.388. The zero-order chi connectivity index (χ0) is 22.6. The largest absolute Gasteiger partial charge is 0.296 e. The lowest BCUT2D eigenvalue weighted by Gasteiger charge is -2.05. The van der Waals surface area contributed by atoms with Gasteiger partial charge in [0.05, 0.1) is 9.82 Å². The Balaban J connectivity index is 1.56. The Labute approximate surface area is 182 Å². The predicted molar refractivity (Wildman–Crippen MR) is 116 cm³/mol. The molecular formula is C19H19N5O5S2. The molecule has 0 saturated heterocycles. The molecule has 1 heterocycles. The van der Waals surface area contributed by atoms with E-state index >= 15 is 0 Å². The first-order chi connectivity index (χ1) is 14.7. The van der Waals surface area contributed by atoms with Crippen LogP contribution in [0.3, 0.4) is 0 Å². The Hall–Kier alpha value is -3.22. The highest BCUT2D eigenvalue weighted by Gasteiger charge is 2.16. The molecule has 0 bridgehead atoms. The van der Waals surface area contributed by atoms with Crippen LogP contribution in [-0.2, 0) is 16.4 Å². The van der Waals surface area contributed by atoms with Crippen LogP contribution in [0.5, 0.6) is 0 Å². The van der Waals surface area contributed by atoms with Gasteiger partial charge in [0.1, 0.15) is 5.01 Å². The number of anilines is 1. The summed E-state index contributed by atoms with van der Waals surface area (Å²) in [5, 5.41) is 22.1. The number of amides is 1. The van der Waals surface area contributed by atoms with Crippen LogP contribution in [0.1, 0.15) is 26.5 Å². The van der Waals surface area contributed by atoms with Crippen LogP contribution in [0, 0.1) is 24.0 Å². The van der Waals surface area contributed by atoms with E-state index in [2.05, 4.69) is 20.2 Å². The maximum Gasteiger partial charge on any atom is 0.272 e. The minimum Gasteiger partial charge on any atom is -0.296 e. The first-order valence-corrected chi connectivity index (χ1v) is 11.4. The van der Waals surface area contributed by atoms with Crippen LogP contribution in [0.15, 0.2) is 47.4 Å². The number of sulfonamides is 1. The second kappa shape index (κ2) is 9.29. The van der Waals surface area contributed by atoms with Crippen molar-refractivity contribution in [2.24, 2.45) is 0 Å². The highest BCUT2D eigenvalue weighted by atomic mass is 32.2. The van der Waals surface area contributed by atoms with Gasteiger partial charge >= 0.3 is 0 Å². The van der Waals surface area contributed by atoms with Crippen LogP contribution in [-0.4, -0.2) is 36.0 Å². The van der Waals surface area contributed by atoms with Crippen molar-refractivity contribution in [3.05, 3.63) is 74.3 Å². The molecule has 0 aliphatic carbocycles. The average molecular weight is 462 g/mol. The van der Waals surface area contributed by atoms with Crippen molar-refractivity contribution in [2.75, 3.05) is 11.9 Å². The average Bonchev–Trinajstić information content (AvgIpc) is 3.15. The summed E-state index contributed by atoms with van der Waals surface area (Å²) < 4.78 is 27.1. The Kier molecular flexibility index (Phi) is 6.73. The Morgan fingerprint density at radius 3 is 2.48 bits per heavy atom. The molecule has 1 aromatic heterocycles. The summed E-state index contributed by atoms with van der Waals surface area (Å²) in [4.78, 5) is 22.9. The Morgan fingerprint density at radius 1 is 1.13 bits per heavy atom. The summed E-state index contributed by atoms with van der Waals surface area (Å²) in [6, 6.07) is 10.6. The molecular weight excluding hydrogens is 442 g/mol. The van der Waals surface area contributed by atoms with Gasteiger partial charge in [0.2, 0.25) is 15.2 Å². The first-order valence-electron chi connectivity index (χ1n) is 9.11. The van der Waals surface area contributed by atoms with Crippen molar-refractivity contribution in [3.8, 4) is 0 Å². The molecule has 10 nitrogen and oxygen atoms in total. The van der Waals surface area contributed by atoms with Gasteiger partial charge in [0.15, 0.2) is 0 Å². The number of hydrogen-bond donors (Lipinski definition) is 2. The molecule has 3 rings (SSSR count). The van der Waals surface area contributed by atoms with E-state index in [0.717, 1.165) is 16.9 Å². The zero-order valence-electron chi connectivity index (χ0n) is 16.7. The molecule has 2 N–H and O–H groups in total. The molecule has 3 aromatic rings. The molecule has 0 unspecified atom stereocenters. The Bertz CT molecular complexity index is 1220. The summed E-state index contributed by atoms with van der Waals surface area (Å²) in [6.07, 6.45) is 0.301. The predicted octanol–water partition coefficient (Wildman–Crippen LogP) is 2.84. The summed E-state index contributed by atoms with van der Waals surface area (Å²) >= 11 is 1.12. The van der Waals surface area contributed by atoms with Gasteiger partial charge in [-0.2, -0.15) is 0 Å². The fourth-order valence-corrected chi connectivity index (χ4v) is 4.44. The minimum atomic E-state index is -3.62. The number of carbonyl (C=O) groups is 1. The van der Waals surface area contributed by atoms with Crippen LogP contribution >= 0.6 is 11.3 Å². The van der Waals surface area contributed by atoms with Gasteiger partial charge in [-0.1, -0.05) is 29.0 Å². The number of aromatic nitrogens is 2. The number of carbonyl (C=O) groups excluding carboxylic acids is 1. The van der Waals surface area contributed by atoms with Crippen LogP contribution in [0.2, 0.25) is 0 Å². The number of nitrogens with zero attached hydrogens (tertiary/aromatic N) is 3. The molecule has 0 spiro atoms. The highest BCUT2D eigenvalue weighted by Crippen LogP contribution is 2.21. The molecule has 162 valence electrons. The molecule has 0 aliphatic heterocycles. The van der Waals surface area contributed by atoms with E-state index in [1.54, 1.807) is 19.1 Å². The van der Waals surface area contributed by atoms with Gasteiger partial charge in [-0.15, -0.1) is 10.2 Å². The number of nitro groups is 1. The third kappa shape index (κ3) is 5.69. The summed E-state index contributed by atoms with van der Waals surface area (Å²) in [7, 11) is -3.62. The lowest BCUT2D eigenvalue weighted by molar-refractivity contribution is -0.385. The van der Waals surface area contributed by atoms with E-state index < -0.39 is 20.9 Å². The SMILES string of the molecule is Cc1ccc(S(=O)(=O)NCCc2nnc(NC(=O)c3ccc([N+](=O)[O-])c(C)c3)s2)cc1. The van der Waals surface area contributed by atoms with E-state index in [1.165, 1.54) is 30.3 Å². The number of nitrogens with one attached hydrogen (secondary N) is 2. The van der Waals surface area contributed by atoms with E-state index in [-0.39, 0.29) is 27.8 Å². The van der Waals surface area contributed by atoms with Crippen molar-refractivity contribution in [1.82, 2.24) is 14.9 Å². The Morgan fingerprint density at radius 2 is 1.84 bits per heavy atom. The topological polar surface area (TPSA) is 144 Å². The molecule has 0 radical (unpaired) electrons. The normalized spacial score (nSPS) is 11.3. The van der Waals surface area contributed by atoms with Crippen LogP contribution in [0.4, 0.5) is 10.8 Å². The molecule has 0 atom stereocenters. The molecule has 0 fully saturated rings. The molecule has 2 aromatic carbocycles. The molecule has 12 heteroatoms. The summed E-state index contributed by atoms with van der Waals surface area (Å²) in [5.41, 5.74) is 1.52. The van der Waals surface area contributed by atoms with Gasteiger partial charge in [-0.05, 0) is 38.1 Å². The standard InChI is InChI=1S/C19H19N5O5S2/c1-12-3-6-15(7-4-12)31(28,29)20-10-9-17-22-23-19(30-17)21-18(25)14-5-8-16(24(26)27)13(2)11-14/h3-8,11,20H,9-10H2,1-2H3,(H,21,23,25). The van der Waals surface area contributed by atoms with Gasteiger partial charge in [-0.25, -0.2) is 13.1 Å². The van der Waals surface area contributed by atoms with Gasteiger partial charge in [0, 0.05) is 30.2 Å². The van der Waals surface area contributed by atoms with Gasteiger partial charge in [0.25, 0.3) is 11.6 Å². The number of aryl methyl sites for hydroxylation is 2. The third-order valence-corrected chi connectivity index (χ3v) is 6.68. The minimum absolute atomic E-state index is 0.0668. The van der Waals surface area contributed by atoms with Crippen molar-refractivity contribution < 1.29 is 18.1 Å². The number of benzene rings is 2. The molecule has 0 aliphatic rings. The second-order valence-corrected chi connectivity index (χ2v) is 9.50. The fraction of sp³-hybridized carbons (Fsp3) is 0.211. The second-order valence-electron chi connectivity index (χ2n) is 6.67. The number of hydrogen-bond acceptors (Lipinski definition) is 8. The first kappa shape index (κ1) is 22.5. The van der Waals surface area contributed by atoms with Crippen molar-refractivity contribution >= 4 is 38.1 Å². The van der Waals surface area contributed by atoms with Crippen LogP contribution < -0.4 is 10.0 Å². The lowest BCUT2D eigenvalue weighted by Crippen LogP contribution is -2.25. The van der Waals surface area contributed by atoms with Crippen molar-refractivity contribution in [2.45, 2.75) is 25.2 Å². The molecule has 31 heavy (non-hydrogen) atoms. The van der Waals surface area contributed by atoms with Gasteiger partial charge in [-0.3, -0.25) is 20.2 Å². The maximum absolute atomic E-state index is 12.3. The fourth-order valence-electron chi connectivity index (χ4n) is 2.67. The summed E-state index contributed by atoms with van der Waals surface area (Å²) in [6.45, 7) is 3.55. The van der Waals surface area contributed by atoms with E-state index in [4.69, 9.17) is 0 Å². The number of rotatable bonds is 8. The van der Waals surface area contributed by atoms with Crippen LogP contribution in [0.25, 0.3) is 0 Å². The van der Waals surface area contributed by atoms with E-state index in [1.807, 2.05) is 6.92 Å². The molecule has 1 amide bonds. The zero-order valence-corrected chi connectivity index (χ0v) is 18.3. The van der Waals surface area contributed by atoms with Crippen molar-refractivity contribution in [3.63, 3.8) is 0 Å². The monoisotopic (exact) mass is 461 g/mol. The lowest BCUT2D eigenvalue weighted by atomic mass is 10.1. The maximum atomic E-state index is 12.3. The summed E-state index contributed by atoms with van der Waals surface area (Å²) in [5.74, 6) is -0.472. The van der Waals surface area contributed by atoms with Crippen molar-refractivity contribution in [1.29, 1.82) is 0 Å². The van der Waals surface area contributed by atoms with E-state index in [0.29, 0.717) is 17.0 Å². The highest BCUT2D eigenvalue weighted by molar-refractivity contribution is 7.89.